The minimum atomic E-state index is -0.733. The number of ether oxygens (including phenoxy) is 1. The van der Waals surface area contributed by atoms with Gasteiger partial charge >= 0.3 is 5.97 Å². The third-order valence-corrected chi connectivity index (χ3v) is 3.04. The van der Waals surface area contributed by atoms with E-state index in [-0.39, 0.29) is 12.1 Å². The van der Waals surface area contributed by atoms with Crippen molar-refractivity contribution >= 4 is 17.6 Å². The van der Waals surface area contributed by atoms with Gasteiger partial charge in [-0.25, -0.2) is 9.78 Å². The number of carbonyl (C=O) groups excluding carboxylic acids is 1. The molecular weight excluding hydrogens is 282 g/mol. The minimum Gasteiger partial charge on any atom is -0.475 e. The van der Waals surface area contributed by atoms with Crippen LogP contribution in [-0.2, 0) is 9.63 Å². The Hall–Kier alpha value is -1.37. The van der Waals surface area contributed by atoms with Crippen LogP contribution >= 0.6 is 11.6 Å². The van der Waals surface area contributed by atoms with E-state index in [0.29, 0.717) is 17.3 Å². The van der Waals surface area contributed by atoms with E-state index in [9.17, 15) is 4.79 Å². The van der Waals surface area contributed by atoms with Crippen molar-refractivity contribution < 1.29 is 14.4 Å². The van der Waals surface area contributed by atoms with Crippen molar-refractivity contribution in [3.63, 3.8) is 0 Å². The highest BCUT2D eigenvalue weighted by molar-refractivity contribution is 6.30. The Kier molecular flexibility index (Phi) is 5.17. The van der Waals surface area contributed by atoms with E-state index in [2.05, 4.69) is 10.5 Å². The van der Waals surface area contributed by atoms with Gasteiger partial charge in [-0.2, -0.15) is 0 Å². The molecular formula is C13H18ClN3O3. The van der Waals surface area contributed by atoms with Gasteiger partial charge in [0.2, 0.25) is 5.88 Å². The lowest BCUT2D eigenvalue weighted by molar-refractivity contribution is -0.153. The lowest BCUT2D eigenvalue weighted by atomic mass is 10.1. The molecule has 0 spiro atoms. The van der Waals surface area contributed by atoms with Crippen LogP contribution in [-0.4, -0.2) is 29.1 Å². The van der Waals surface area contributed by atoms with E-state index in [0.717, 1.165) is 12.8 Å². The van der Waals surface area contributed by atoms with Gasteiger partial charge in [-0.05, 0) is 25.8 Å². The standard InChI is InChI=1S/C13H18ClN3O3/c1-8(19-12-5-2-9(14)7-16-12)6-11(15)13(18)20-17-10-3-4-10/h2,5,7-8,10-11,17H,3-4,6,15H2,1H3/t8-,11?/m1/s1. The van der Waals surface area contributed by atoms with Gasteiger partial charge < -0.3 is 15.3 Å². The van der Waals surface area contributed by atoms with Crippen LogP contribution in [0.5, 0.6) is 5.88 Å². The van der Waals surface area contributed by atoms with Crippen molar-refractivity contribution in [1.82, 2.24) is 10.5 Å². The van der Waals surface area contributed by atoms with Gasteiger partial charge in [0.05, 0.1) is 11.1 Å². The lowest BCUT2D eigenvalue weighted by Crippen LogP contribution is -2.39. The second kappa shape index (κ2) is 6.88. The maximum Gasteiger partial charge on any atom is 0.341 e. The molecule has 1 aliphatic carbocycles. The summed E-state index contributed by atoms with van der Waals surface area (Å²) in [7, 11) is 0. The Morgan fingerprint density at radius 1 is 1.60 bits per heavy atom. The molecule has 7 heteroatoms. The van der Waals surface area contributed by atoms with Gasteiger partial charge in [0, 0.05) is 24.7 Å². The number of halogens is 1. The average Bonchev–Trinajstić information content (AvgIpc) is 3.22. The van der Waals surface area contributed by atoms with Gasteiger partial charge in [-0.3, -0.25) is 0 Å². The molecule has 0 aliphatic heterocycles. The van der Waals surface area contributed by atoms with Gasteiger partial charge in [-0.15, -0.1) is 5.48 Å². The predicted octanol–water partition coefficient (Wildman–Crippen LogP) is 1.43. The topological polar surface area (TPSA) is 86.5 Å². The molecule has 3 N–H and O–H groups in total. The first-order valence-electron chi connectivity index (χ1n) is 6.54. The molecule has 0 aromatic carbocycles. The summed E-state index contributed by atoms with van der Waals surface area (Å²) < 4.78 is 5.55. The smallest absolute Gasteiger partial charge is 0.341 e. The normalized spacial score (nSPS) is 17.4. The summed E-state index contributed by atoms with van der Waals surface area (Å²) in [6.07, 6.45) is 3.65. The molecule has 6 nitrogen and oxygen atoms in total. The molecule has 1 fully saturated rings. The van der Waals surface area contributed by atoms with Crippen molar-refractivity contribution in [3.05, 3.63) is 23.4 Å². The number of nitrogens with two attached hydrogens (primary N) is 1. The number of rotatable bonds is 7. The second-order valence-corrected chi connectivity index (χ2v) is 5.33. The van der Waals surface area contributed by atoms with Crippen LogP contribution in [0.3, 0.4) is 0 Å². The van der Waals surface area contributed by atoms with Crippen molar-refractivity contribution in [2.24, 2.45) is 5.73 Å². The summed E-state index contributed by atoms with van der Waals surface area (Å²) in [5, 5.41) is 0.538. The fourth-order valence-electron chi connectivity index (χ4n) is 1.56. The van der Waals surface area contributed by atoms with E-state index in [1.807, 2.05) is 6.92 Å². The first kappa shape index (κ1) is 15.0. The minimum absolute atomic E-state index is 0.257. The summed E-state index contributed by atoms with van der Waals surface area (Å²) in [6, 6.07) is 2.91. The van der Waals surface area contributed by atoms with Gasteiger partial charge in [0.25, 0.3) is 0 Å². The zero-order chi connectivity index (χ0) is 14.5. The van der Waals surface area contributed by atoms with Crippen LogP contribution in [0.2, 0.25) is 5.02 Å². The second-order valence-electron chi connectivity index (χ2n) is 4.90. The molecule has 1 saturated carbocycles. The highest BCUT2D eigenvalue weighted by atomic mass is 35.5. The van der Waals surface area contributed by atoms with Crippen LogP contribution in [0.25, 0.3) is 0 Å². The number of carbonyl (C=O) groups is 1. The Balaban J connectivity index is 1.73. The Morgan fingerprint density at radius 2 is 2.35 bits per heavy atom. The van der Waals surface area contributed by atoms with Crippen LogP contribution in [0.15, 0.2) is 18.3 Å². The van der Waals surface area contributed by atoms with Gasteiger partial charge in [0.15, 0.2) is 0 Å². The highest BCUT2D eigenvalue weighted by Crippen LogP contribution is 2.18. The quantitative estimate of drug-likeness (QED) is 0.741. The van der Waals surface area contributed by atoms with Crippen LogP contribution < -0.4 is 16.0 Å². The number of hydrogen-bond donors (Lipinski definition) is 2. The molecule has 0 amide bonds. The average molecular weight is 300 g/mol. The molecule has 110 valence electrons. The largest absolute Gasteiger partial charge is 0.475 e. The molecule has 1 aromatic heterocycles. The third kappa shape index (κ3) is 4.96. The molecule has 1 aromatic rings. The lowest BCUT2D eigenvalue weighted by Gasteiger charge is -2.17. The number of hydrogen-bond acceptors (Lipinski definition) is 6. The fraction of sp³-hybridized carbons (Fsp3) is 0.538. The molecule has 0 bridgehead atoms. The van der Waals surface area contributed by atoms with Crippen LogP contribution in [0, 0.1) is 0 Å². The number of nitrogens with zero attached hydrogens (tertiary/aromatic N) is 1. The van der Waals surface area contributed by atoms with Crippen LogP contribution in [0.4, 0.5) is 0 Å². The van der Waals surface area contributed by atoms with E-state index in [1.165, 1.54) is 6.20 Å². The Morgan fingerprint density at radius 3 is 2.95 bits per heavy atom. The molecule has 0 radical (unpaired) electrons. The summed E-state index contributed by atoms with van der Waals surface area (Å²) in [5.74, 6) is -0.0324. The molecule has 1 heterocycles. The first-order valence-corrected chi connectivity index (χ1v) is 6.92. The summed E-state index contributed by atoms with van der Waals surface area (Å²) in [4.78, 5) is 20.5. The predicted molar refractivity (Wildman–Crippen MR) is 74.2 cm³/mol. The van der Waals surface area contributed by atoms with E-state index in [1.54, 1.807) is 12.1 Å². The fourth-order valence-corrected chi connectivity index (χ4v) is 1.67. The van der Waals surface area contributed by atoms with Crippen molar-refractivity contribution in [2.75, 3.05) is 0 Å². The molecule has 2 rings (SSSR count). The number of nitrogens with one attached hydrogen (secondary N) is 1. The summed E-state index contributed by atoms with van der Waals surface area (Å²) in [5.41, 5.74) is 8.44. The molecule has 1 unspecified atom stereocenters. The number of pyridine rings is 1. The number of aromatic nitrogens is 1. The molecule has 2 atom stereocenters. The van der Waals surface area contributed by atoms with E-state index >= 15 is 0 Å². The third-order valence-electron chi connectivity index (χ3n) is 2.81. The molecule has 0 saturated heterocycles. The van der Waals surface area contributed by atoms with E-state index < -0.39 is 12.0 Å². The molecule has 1 aliphatic rings. The maximum atomic E-state index is 11.6. The molecule has 20 heavy (non-hydrogen) atoms. The van der Waals surface area contributed by atoms with Crippen LogP contribution in [0.1, 0.15) is 26.2 Å². The van der Waals surface area contributed by atoms with Crippen molar-refractivity contribution in [1.29, 1.82) is 0 Å². The summed E-state index contributed by atoms with van der Waals surface area (Å²) in [6.45, 7) is 1.82. The van der Waals surface area contributed by atoms with Gasteiger partial charge in [-0.1, -0.05) is 11.6 Å². The first-order chi connectivity index (χ1) is 9.54. The Labute approximate surface area is 122 Å². The number of hydroxylamine groups is 1. The van der Waals surface area contributed by atoms with Crippen molar-refractivity contribution in [2.45, 2.75) is 44.4 Å². The Bertz CT molecular complexity index is 451. The zero-order valence-corrected chi connectivity index (χ0v) is 12.0. The highest BCUT2D eigenvalue weighted by Gasteiger charge is 2.25. The monoisotopic (exact) mass is 299 g/mol. The maximum absolute atomic E-state index is 11.6. The van der Waals surface area contributed by atoms with Gasteiger partial charge in [0.1, 0.15) is 6.04 Å². The summed E-state index contributed by atoms with van der Waals surface area (Å²) >= 11 is 5.73. The zero-order valence-electron chi connectivity index (χ0n) is 11.2. The van der Waals surface area contributed by atoms with E-state index in [4.69, 9.17) is 26.9 Å². The van der Waals surface area contributed by atoms with Crippen molar-refractivity contribution in [3.8, 4) is 5.88 Å². The SMILES string of the molecule is C[C@H](CC(N)C(=O)ONC1CC1)Oc1ccc(Cl)cn1.